The van der Waals surface area contributed by atoms with Gasteiger partial charge in [0.2, 0.25) is 0 Å². The second-order valence-corrected chi connectivity index (χ2v) is 8.57. The molecule has 0 aliphatic carbocycles. The van der Waals surface area contributed by atoms with Crippen molar-refractivity contribution >= 4 is 22.5 Å². The van der Waals surface area contributed by atoms with Gasteiger partial charge in [-0.2, -0.15) is 5.10 Å². The molecule has 4 aromatic rings. The summed E-state index contributed by atoms with van der Waals surface area (Å²) in [5, 5.41) is 7.49. The monoisotopic (exact) mass is 475 g/mol. The zero-order valence-electron chi connectivity index (χ0n) is 19.1. The van der Waals surface area contributed by atoms with Crippen LogP contribution in [0.5, 0.6) is 0 Å². The van der Waals surface area contributed by atoms with Crippen LogP contribution in [-0.2, 0) is 6.42 Å². The number of piperazine rings is 1. The fourth-order valence-corrected chi connectivity index (χ4v) is 4.48. The van der Waals surface area contributed by atoms with Crippen molar-refractivity contribution in [3.8, 4) is 0 Å². The van der Waals surface area contributed by atoms with E-state index in [0.717, 1.165) is 17.4 Å². The van der Waals surface area contributed by atoms with E-state index in [9.17, 15) is 18.4 Å². The van der Waals surface area contributed by atoms with Gasteiger partial charge < -0.3 is 9.80 Å². The van der Waals surface area contributed by atoms with Gasteiger partial charge in [-0.15, -0.1) is 0 Å². The zero-order chi connectivity index (χ0) is 24.5. The number of H-pyrrole nitrogens is 1. The molecule has 2 aromatic heterocycles. The molecule has 3 heterocycles. The van der Waals surface area contributed by atoms with Crippen molar-refractivity contribution < 1.29 is 13.6 Å². The molecule has 0 unspecified atom stereocenters. The number of aryl methyl sites for hydroxylation is 1. The first-order chi connectivity index (χ1) is 16.9. The van der Waals surface area contributed by atoms with Crippen LogP contribution in [-0.4, -0.2) is 52.2 Å². The molecule has 0 radical (unpaired) electrons. The summed E-state index contributed by atoms with van der Waals surface area (Å²) in [4.78, 5) is 33.3. The van der Waals surface area contributed by atoms with E-state index in [1.165, 1.54) is 6.07 Å². The number of anilines is 1. The van der Waals surface area contributed by atoms with Gasteiger partial charge in [-0.25, -0.2) is 18.9 Å². The number of rotatable bonds is 4. The number of amides is 1. The maximum Gasteiger partial charge on any atom is 0.272 e. The van der Waals surface area contributed by atoms with Gasteiger partial charge in [0.15, 0.2) is 0 Å². The van der Waals surface area contributed by atoms with Gasteiger partial charge >= 0.3 is 0 Å². The lowest BCUT2D eigenvalue weighted by Gasteiger charge is -2.36. The van der Waals surface area contributed by atoms with E-state index in [0.29, 0.717) is 42.6 Å². The lowest BCUT2D eigenvalue weighted by Crippen LogP contribution is -2.49. The van der Waals surface area contributed by atoms with Gasteiger partial charge in [-0.3, -0.25) is 9.59 Å². The molecule has 1 N–H and O–H groups in total. The Hall–Kier alpha value is -4.14. The van der Waals surface area contributed by atoms with Crippen LogP contribution in [0.2, 0.25) is 0 Å². The van der Waals surface area contributed by atoms with Crippen molar-refractivity contribution in [3.05, 3.63) is 99.1 Å². The van der Waals surface area contributed by atoms with Crippen LogP contribution in [0.25, 0.3) is 10.8 Å². The van der Waals surface area contributed by atoms with E-state index >= 15 is 0 Å². The minimum Gasteiger partial charge on any atom is -0.353 e. The van der Waals surface area contributed by atoms with Crippen LogP contribution < -0.4 is 10.5 Å². The molecule has 5 rings (SSSR count). The predicted molar refractivity (Wildman–Crippen MR) is 129 cm³/mol. The summed E-state index contributed by atoms with van der Waals surface area (Å²) >= 11 is 0. The molecular weight excluding hydrogens is 452 g/mol. The van der Waals surface area contributed by atoms with Crippen LogP contribution >= 0.6 is 0 Å². The van der Waals surface area contributed by atoms with E-state index in [1.54, 1.807) is 35.4 Å². The highest BCUT2D eigenvalue weighted by atomic mass is 19.1. The Balaban J connectivity index is 1.38. The third-order valence-electron chi connectivity index (χ3n) is 6.35. The molecule has 0 spiro atoms. The van der Waals surface area contributed by atoms with E-state index in [-0.39, 0.29) is 23.1 Å². The molecule has 0 atom stereocenters. The first-order valence-corrected chi connectivity index (χ1v) is 11.3. The van der Waals surface area contributed by atoms with E-state index < -0.39 is 17.5 Å². The van der Waals surface area contributed by atoms with Crippen molar-refractivity contribution in [1.29, 1.82) is 0 Å². The standard InChI is InChI=1S/C26H23F2N5O2/c1-16-5-4-8-29-24(16)32-9-11-33(12-10-32)26(35)20-13-17(21(27)15-22(20)28)14-23-18-6-2-3-7-19(18)25(34)31-30-23/h2-8,13,15H,9-12,14H2,1H3,(H,31,34). The Bertz CT molecular complexity index is 1480. The molecule has 0 bridgehead atoms. The Labute approximate surface area is 200 Å². The highest BCUT2D eigenvalue weighted by Gasteiger charge is 2.26. The highest BCUT2D eigenvalue weighted by molar-refractivity contribution is 5.95. The average molecular weight is 475 g/mol. The number of hydrogen-bond donors (Lipinski definition) is 1. The number of nitrogens with one attached hydrogen (secondary N) is 1. The second kappa shape index (κ2) is 9.25. The molecule has 7 nitrogen and oxygen atoms in total. The molecule has 1 aliphatic heterocycles. The molecular formula is C26H23F2N5O2. The Morgan fingerprint density at radius 2 is 1.74 bits per heavy atom. The topological polar surface area (TPSA) is 82.2 Å². The summed E-state index contributed by atoms with van der Waals surface area (Å²) in [5.41, 5.74) is 1.08. The maximum absolute atomic E-state index is 14.7. The summed E-state index contributed by atoms with van der Waals surface area (Å²) < 4.78 is 29.4. The zero-order valence-corrected chi connectivity index (χ0v) is 19.1. The number of carbonyl (C=O) groups is 1. The Morgan fingerprint density at radius 1 is 1.00 bits per heavy atom. The molecule has 9 heteroatoms. The molecule has 1 saturated heterocycles. The largest absolute Gasteiger partial charge is 0.353 e. The molecule has 1 aliphatic rings. The number of aromatic nitrogens is 3. The van der Waals surface area contributed by atoms with Crippen LogP contribution in [0.1, 0.15) is 27.2 Å². The van der Waals surface area contributed by atoms with Crippen LogP contribution in [0, 0.1) is 18.6 Å². The third-order valence-corrected chi connectivity index (χ3v) is 6.35. The lowest BCUT2D eigenvalue weighted by molar-refractivity contribution is 0.0741. The highest BCUT2D eigenvalue weighted by Crippen LogP contribution is 2.23. The number of halogens is 2. The number of nitrogens with zero attached hydrogens (tertiary/aromatic N) is 4. The van der Waals surface area contributed by atoms with Crippen molar-refractivity contribution in [1.82, 2.24) is 20.1 Å². The van der Waals surface area contributed by atoms with Gasteiger partial charge in [0.05, 0.1) is 16.6 Å². The fourth-order valence-electron chi connectivity index (χ4n) is 4.48. The minimum absolute atomic E-state index is 0.00355. The van der Waals surface area contributed by atoms with Gasteiger partial charge in [-0.1, -0.05) is 24.3 Å². The minimum atomic E-state index is -0.904. The van der Waals surface area contributed by atoms with Gasteiger partial charge in [0.25, 0.3) is 11.5 Å². The summed E-state index contributed by atoms with van der Waals surface area (Å²) in [7, 11) is 0. The lowest BCUT2D eigenvalue weighted by atomic mass is 10.0. The van der Waals surface area contributed by atoms with Crippen molar-refractivity contribution in [3.63, 3.8) is 0 Å². The first-order valence-electron chi connectivity index (χ1n) is 11.3. The fraction of sp³-hybridized carbons (Fsp3) is 0.231. The van der Waals surface area contributed by atoms with Crippen molar-refractivity contribution in [2.75, 3.05) is 31.1 Å². The molecule has 0 saturated carbocycles. The summed E-state index contributed by atoms with van der Waals surface area (Å²) in [6, 6.07) is 12.7. The van der Waals surface area contributed by atoms with Crippen LogP contribution in [0.4, 0.5) is 14.6 Å². The molecule has 35 heavy (non-hydrogen) atoms. The van der Waals surface area contributed by atoms with Gasteiger partial charge in [0, 0.05) is 50.2 Å². The molecule has 1 amide bonds. The summed E-state index contributed by atoms with van der Waals surface area (Å²) in [6.45, 7) is 3.90. The van der Waals surface area contributed by atoms with E-state index in [4.69, 9.17) is 0 Å². The van der Waals surface area contributed by atoms with E-state index in [2.05, 4.69) is 20.1 Å². The maximum atomic E-state index is 14.7. The predicted octanol–water partition coefficient (Wildman–Crippen LogP) is 3.46. The van der Waals surface area contributed by atoms with Gasteiger partial charge in [-0.05, 0) is 36.2 Å². The number of benzene rings is 2. The van der Waals surface area contributed by atoms with E-state index in [1.807, 2.05) is 19.1 Å². The number of fused-ring (bicyclic) bond motifs is 1. The Morgan fingerprint density at radius 3 is 2.49 bits per heavy atom. The van der Waals surface area contributed by atoms with Crippen LogP contribution in [0.3, 0.4) is 0 Å². The van der Waals surface area contributed by atoms with Crippen molar-refractivity contribution in [2.24, 2.45) is 0 Å². The van der Waals surface area contributed by atoms with Gasteiger partial charge in [0.1, 0.15) is 17.5 Å². The Kier molecular flexibility index (Phi) is 5.98. The molecule has 1 fully saturated rings. The molecule has 2 aromatic carbocycles. The number of aromatic amines is 1. The molecule has 178 valence electrons. The normalized spacial score (nSPS) is 13.9. The van der Waals surface area contributed by atoms with Crippen molar-refractivity contribution in [2.45, 2.75) is 13.3 Å². The summed E-state index contributed by atoms with van der Waals surface area (Å²) in [6.07, 6.45) is 1.73. The third kappa shape index (κ3) is 4.37. The number of carbonyl (C=O) groups excluding carboxylic acids is 1. The quantitative estimate of drug-likeness (QED) is 0.489. The SMILES string of the molecule is Cc1cccnc1N1CCN(C(=O)c2cc(Cc3n[nH]c(=O)c4ccccc34)c(F)cc2F)CC1. The number of hydrogen-bond acceptors (Lipinski definition) is 5. The second-order valence-electron chi connectivity index (χ2n) is 8.57. The smallest absolute Gasteiger partial charge is 0.272 e. The first kappa shape index (κ1) is 22.6. The van der Waals surface area contributed by atoms with Crippen LogP contribution in [0.15, 0.2) is 59.5 Å². The number of pyridine rings is 1. The summed E-state index contributed by atoms with van der Waals surface area (Å²) in [5.74, 6) is -1.29. The average Bonchev–Trinajstić information content (AvgIpc) is 2.87.